The Bertz CT molecular complexity index is 606. The summed E-state index contributed by atoms with van der Waals surface area (Å²) in [6, 6.07) is -1.30. The van der Waals surface area contributed by atoms with Crippen LogP contribution in [0.2, 0.25) is 0 Å². The van der Waals surface area contributed by atoms with Gasteiger partial charge in [0.2, 0.25) is 0 Å². The molecule has 0 saturated heterocycles. The van der Waals surface area contributed by atoms with E-state index in [0.717, 1.165) is 19.3 Å². The van der Waals surface area contributed by atoms with Gasteiger partial charge in [0.1, 0.15) is 11.2 Å². The Morgan fingerprint density at radius 1 is 0.771 bits per heavy atom. The standard InChI is InChI=1S/C28H53NO6/c1-8-9-10-11-12-13-14-15-16-17-18-19-20-21-22(30)23(29-26(33)35-28(5,6)7)24(31)25(32)34-27(2,3)4/h20-24,30-31H,8-19H2,1-7H3,(H,29,33)/t22-,23-,24?/m1/s1. The lowest BCUT2D eigenvalue weighted by atomic mass is 10.0. The van der Waals surface area contributed by atoms with Crippen LogP contribution in [0.1, 0.15) is 126 Å². The van der Waals surface area contributed by atoms with Crippen LogP contribution in [0.5, 0.6) is 0 Å². The van der Waals surface area contributed by atoms with Crippen LogP contribution < -0.4 is 5.32 Å². The molecule has 0 bridgehead atoms. The van der Waals surface area contributed by atoms with Crippen molar-refractivity contribution in [2.24, 2.45) is 0 Å². The van der Waals surface area contributed by atoms with E-state index in [-0.39, 0.29) is 0 Å². The number of aliphatic hydroxyl groups excluding tert-OH is 2. The van der Waals surface area contributed by atoms with Crippen LogP contribution in [0.25, 0.3) is 0 Å². The van der Waals surface area contributed by atoms with Crippen LogP contribution in [0.15, 0.2) is 12.2 Å². The zero-order chi connectivity index (χ0) is 26.9. The predicted octanol–water partition coefficient (Wildman–Crippen LogP) is 6.20. The highest BCUT2D eigenvalue weighted by atomic mass is 16.6. The lowest BCUT2D eigenvalue weighted by molar-refractivity contribution is -0.167. The van der Waals surface area contributed by atoms with Crippen molar-refractivity contribution in [1.29, 1.82) is 0 Å². The first kappa shape index (κ1) is 33.4. The number of esters is 1. The lowest BCUT2D eigenvalue weighted by Gasteiger charge is -2.29. The number of hydrogen-bond acceptors (Lipinski definition) is 6. The number of rotatable bonds is 17. The fourth-order valence-corrected chi connectivity index (χ4v) is 3.59. The third kappa shape index (κ3) is 19.3. The quantitative estimate of drug-likeness (QED) is 0.125. The first-order valence-corrected chi connectivity index (χ1v) is 13.5. The Balaban J connectivity index is 4.58. The summed E-state index contributed by atoms with van der Waals surface area (Å²) in [7, 11) is 0. The molecule has 0 saturated carbocycles. The summed E-state index contributed by atoms with van der Waals surface area (Å²) >= 11 is 0. The van der Waals surface area contributed by atoms with Crippen molar-refractivity contribution in [3.63, 3.8) is 0 Å². The maximum absolute atomic E-state index is 12.4. The van der Waals surface area contributed by atoms with Gasteiger partial charge in [-0.3, -0.25) is 0 Å². The summed E-state index contributed by atoms with van der Waals surface area (Å²) in [4.78, 5) is 24.6. The number of alkyl carbamates (subject to hydrolysis) is 1. The van der Waals surface area contributed by atoms with E-state index in [2.05, 4.69) is 12.2 Å². The van der Waals surface area contributed by atoms with Crippen LogP contribution in [0.4, 0.5) is 4.79 Å². The van der Waals surface area contributed by atoms with E-state index in [1.165, 1.54) is 63.9 Å². The monoisotopic (exact) mass is 499 g/mol. The van der Waals surface area contributed by atoms with Crippen molar-refractivity contribution in [1.82, 2.24) is 5.32 Å². The molecule has 1 unspecified atom stereocenters. The minimum absolute atomic E-state index is 0.763. The summed E-state index contributed by atoms with van der Waals surface area (Å²) in [5, 5.41) is 23.6. The van der Waals surface area contributed by atoms with E-state index in [4.69, 9.17) is 9.47 Å². The van der Waals surface area contributed by atoms with E-state index in [1.807, 2.05) is 6.08 Å². The molecule has 0 fully saturated rings. The maximum atomic E-state index is 12.4. The topological polar surface area (TPSA) is 105 Å². The van der Waals surface area contributed by atoms with E-state index in [9.17, 15) is 19.8 Å². The van der Waals surface area contributed by atoms with Gasteiger partial charge in [-0.2, -0.15) is 0 Å². The molecule has 0 radical (unpaired) electrons. The molecule has 0 rings (SSSR count). The van der Waals surface area contributed by atoms with Crippen molar-refractivity contribution in [3.05, 3.63) is 12.2 Å². The van der Waals surface area contributed by atoms with Gasteiger partial charge >= 0.3 is 12.1 Å². The number of ether oxygens (including phenoxy) is 2. The van der Waals surface area contributed by atoms with Gasteiger partial charge in [-0.15, -0.1) is 0 Å². The van der Waals surface area contributed by atoms with Crippen LogP contribution in [-0.4, -0.2) is 51.7 Å². The van der Waals surface area contributed by atoms with E-state index in [0.29, 0.717) is 0 Å². The summed E-state index contributed by atoms with van der Waals surface area (Å²) < 4.78 is 10.4. The highest BCUT2D eigenvalue weighted by molar-refractivity contribution is 5.77. The van der Waals surface area contributed by atoms with E-state index < -0.39 is 41.5 Å². The van der Waals surface area contributed by atoms with Crippen LogP contribution in [0.3, 0.4) is 0 Å². The SMILES string of the molecule is CCCCCCCCCCCCCC=C[C@@H](O)[C@@H](NC(=O)OC(C)(C)C)C(O)C(=O)OC(C)(C)C. The molecule has 0 aliphatic carbocycles. The second-order valence-corrected chi connectivity index (χ2v) is 11.4. The highest BCUT2D eigenvalue weighted by Crippen LogP contribution is 2.15. The lowest BCUT2D eigenvalue weighted by Crippen LogP contribution is -2.55. The van der Waals surface area contributed by atoms with Gasteiger partial charge in [0, 0.05) is 0 Å². The molecular formula is C28H53NO6. The van der Waals surface area contributed by atoms with Gasteiger partial charge in [0.05, 0.1) is 12.1 Å². The van der Waals surface area contributed by atoms with Crippen molar-refractivity contribution in [2.45, 2.75) is 155 Å². The summed E-state index contributed by atoms with van der Waals surface area (Å²) in [6.45, 7) is 12.4. The number of carbonyl (C=O) groups is 2. The molecule has 206 valence electrons. The molecule has 0 heterocycles. The molecule has 1 amide bonds. The summed E-state index contributed by atoms with van der Waals surface area (Å²) in [5.41, 5.74) is -1.58. The summed E-state index contributed by atoms with van der Waals surface area (Å²) in [5.74, 6) is -0.920. The van der Waals surface area contributed by atoms with Crippen molar-refractivity contribution in [3.8, 4) is 0 Å². The molecule has 0 aromatic carbocycles. The Kier molecular flexibility index (Phi) is 17.0. The first-order chi connectivity index (χ1) is 16.3. The summed E-state index contributed by atoms with van der Waals surface area (Å²) in [6.07, 6.45) is 14.1. The molecular weight excluding hydrogens is 446 g/mol. The maximum Gasteiger partial charge on any atom is 0.408 e. The Morgan fingerprint density at radius 2 is 1.23 bits per heavy atom. The molecule has 0 aromatic heterocycles. The molecule has 0 aromatic rings. The first-order valence-electron chi connectivity index (χ1n) is 13.5. The minimum Gasteiger partial charge on any atom is -0.458 e. The van der Waals surface area contributed by atoms with Gasteiger partial charge in [-0.05, 0) is 54.4 Å². The van der Waals surface area contributed by atoms with Crippen LogP contribution >= 0.6 is 0 Å². The number of nitrogens with one attached hydrogen (secondary N) is 1. The number of carbonyl (C=O) groups excluding carboxylic acids is 2. The van der Waals surface area contributed by atoms with Crippen LogP contribution in [0, 0.1) is 0 Å². The fraction of sp³-hybridized carbons (Fsp3) is 0.857. The van der Waals surface area contributed by atoms with Crippen LogP contribution in [-0.2, 0) is 14.3 Å². The number of aliphatic hydroxyl groups is 2. The average Bonchev–Trinajstić information content (AvgIpc) is 2.72. The number of allylic oxidation sites excluding steroid dienone is 1. The van der Waals surface area contributed by atoms with E-state index in [1.54, 1.807) is 41.5 Å². The zero-order valence-electron chi connectivity index (χ0n) is 23.4. The molecule has 7 nitrogen and oxygen atoms in total. The molecule has 0 aliphatic rings. The largest absolute Gasteiger partial charge is 0.458 e. The average molecular weight is 500 g/mol. The molecule has 3 N–H and O–H groups in total. The van der Waals surface area contributed by atoms with Gasteiger partial charge in [0.25, 0.3) is 0 Å². The Hall–Kier alpha value is -1.60. The minimum atomic E-state index is -1.75. The van der Waals surface area contributed by atoms with Gasteiger partial charge in [-0.25, -0.2) is 9.59 Å². The molecule has 3 atom stereocenters. The second kappa shape index (κ2) is 17.8. The Labute approximate surface area is 214 Å². The third-order valence-electron chi connectivity index (χ3n) is 5.35. The van der Waals surface area contributed by atoms with Crippen molar-refractivity contribution < 1.29 is 29.3 Å². The van der Waals surface area contributed by atoms with Gasteiger partial charge in [-0.1, -0.05) is 83.3 Å². The van der Waals surface area contributed by atoms with Crippen molar-refractivity contribution in [2.75, 3.05) is 0 Å². The molecule has 7 heteroatoms. The predicted molar refractivity (Wildman–Crippen MR) is 141 cm³/mol. The van der Waals surface area contributed by atoms with Gasteiger partial charge < -0.3 is 25.0 Å². The fourth-order valence-electron chi connectivity index (χ4n) is 3.59. The zero-order valence-corrected chi connectivity index (χ0v) is 23.4. The number of hydrogen-bond donors (Lipinski definition) is 3. The highest BCUT2D eigenvalue weighted by Gasteiger charge is 2.36. The van der Waals surface area contributed by atoms with Crippen molar-refractivity contribution >= 4 is 12.1 Å². The van der Waals surface area contributed by atoms with Gasteiger partial charge in [0.15, 0.2) is 6.10 Å². The van der Waals surface area contributed by atoms with E-state index >= 15 is 0 Å². The smallest absolute Gasteiger partial charge is 0.408 e. The normalized spacial score (nSPS) is 15.0. The number of unbranched alkanes of at least 4 members (excludes halogenated alkanes) is 11. The third-order valence-corrected chi connectivity index (χ3v) is 5.35. The second-order valence-electron chi connectivity index (χ2n) is 11.4. The number of amides is 1. The molecule has 0 aliphatic heterocycles. The molecule has 0 spiro atoms. The molecule has 35 heavy (non-hydrogen) atoms. The Morgan fingerprint density at radius 3 is 1.69 bits per heavy atom.